The summed E-state index contributed by atoms with van der Waals surface area (Å²) in [6, 6.07) is 0. The Morgan fingerprint density at radius 3 is 2.39 bits per heavy atom. The van der Waals surface area contributed by atoms with Crippen molar-refractivity contribution in [3.63, 3.8) is 0 Å². The van der Waals surface area contributed by atoms with Crippen LogP contribution in [0.1, 0.15) is 87.6 Å². The summed E-state index contributed by atoms with van der Waals surface area (Å²) in [5, 5.41) is 8.01. The van der Waals surface area contributed by atoms with Gasteiger partial charge in [-0.15, -0.1) is 0 Å². The van der Waals surface area contributed by atoms with Gasteiger partial charge >= 0.3 is 0 Å². The largest absolute Gasteiger partial charge is 0.342 e. The summed E-state index contributed by atoms with van der Waals surface area (Å²) in [5.41, 5.74) is 0.433. The molecule has 28 heavy (non-hydrogen) atoms. The summed E-state index contributed by atoms with van der Waals surface area (Å²) < 4.78 is 10.7. The van der Waals surface area contributed by atoms with Gasteiger partial charge in [0.25, 0.3) is 0 Å². The lowest BCUT2D eigenvalue weighted by Crippen LogP contribution is -2.38. The van der Waals surface area contributed by atoms with Crippen LogP contribution in [-0.4, -0.2) is 44.2 Å². The van der Waals surface area contributed by atoms with Gasteiger partial charge < -0.3 is 13.9 Å². The second-order valence-electron chi connectivity index (χ2n) is 9.00. The van der Waals surface area contributed by atoms with E-state index >= 15 is 0 Å². The zero-order chi connectivity index (χ0) is 19.7. The van der Waals surface area contributed by atoms with E-state index in [1.165, 1.54) is 12.8 Å². The standard InChI is InChI=1S/C20H29N5O3/c1-13-21-16(27-23-13)12-17(26)25-10-6-15(7-11-25)19-22-18(24-28-19)14-4-8-20(2,3)9-5-14/h14-15H,4-12H2,1-3H3. The number of carbonyl (C=O) groups is 1. The molecular weight excluding hydrogens is 358 g/mol. The molecule has 4 rings (SSSR count). The van der Waals surface area contributed by atoms with Gasteiger partial charge in [0.1, 0.15) is 6.42 Å². The number of rotatable bonds is 4. The highest BCUT2D eigenvalue weighted by Crippen LogP contribution is 2.42. The van der Waals surface area contributed by atoms with Crippen LogP contribution in [0.3, 0.4) is 0 Å². The lowest BCUT2D eigenvalue weighted by molar-refractivity contribution is -0.132. The Balaban J connectivity index is 1.29. The van der Waals surface area contributed by atoms with Crippen LogP contribution >= 0.6 is 0 Å². The Morgan fingerprint density at radius 1 is 1.04 bits per heavy atom. The highest BCUT2D eigenvalue weighted by Gasteiger charge is 2.32. The van der Waals surface area contributed by atoms with Crippen molar-refractivity contribution in [2.75, 3.05) is 13.1 Å². The fourth-order valence-electron chi connectivity index (χ4n) is 4.27. The first-order valence-electron chi connectivity index (χ1n) is 10.3. The summed E-state index contributed by atoms with van der Waals surface area (Å²) >= 11 is 0. The summed E-state index contributed by atoms with van der Waals surface area (Å²) in [4.78, 5) is 23.1. The summed E-state index contributed by atoms with van der Waals surface area (Å²) in [6.45, 7) is 7.78. The van der Waals surface area contributed by atoms with E-state index in [1.54, 1.807) is 6.92 Å². The molecule has 2 aliphatic rings. The van der Waals surface area contributed by atoms with Gasteiger partial charge in [0.05, 0.1) is 0 Å². The van der Waals surface area contributed by atoms with Crippen LogP contribution in [0.5, 0.6) is 0 Å². The van der Waals surface area contributed by atoms with Gasteiger partial charge in [-0.1, -0.05) is 24.2 Å². The van der Waals surface area contributed by atoms with Gasteiger partial charge in [-0.3, -0.25) is 4.79 Å². The number of hydrogen-bond donors (Lipinski definition) is 0. The van der Waals surface area contributed by atoms with Crippen molar-refractivity contribution >= 4 is 5.91 Å². The molecule has 0 bridgehead atoms. The molecular formula is C20H29N5O3. The third-order valence-corrected chi connectivity index (χ3v) is 6.23. The van der Waals surface area contributed by atoms with Gasteiger partial charge in [-0.2, -0.15) is 9.97 Å². The third-order valence-electron chi connectivity index (χ3n) is 6.23. The molecule has 1 aliphatic heterocycles. The monoisotopic (exact) mass is 387 g/mol. The van der Waals surface area contributed by atoms with Crippen molar-refractivity contribution in [1.29, 1.82) is 0 Å². The molecule has 0 spiro atoms. The topological polar surface area (TPSA) is 98.2 Å². The fraction of sp³-hybridized carbons (Fsp3) is 0.750. The van der Waals surface area contributed by atoms with Crippen LogP contribution < -0.4 is 0 Å². The van der Waals surface area contributed by atoms with Crippen LogP contribution in [0.4, 0.5) is 0 Å². The van der Waals surface area contributed by atoms with Gasteiger partial charge in [-0.05, 0) is 50.9 Å². The smallest absolute Gasteiger partial charge is 0.236 e. The highest BCUT2D eigenvalue weighted by molar-refractivity contribution is 5.77. The zero-order valence-corrected chi connectivity index (χ0v) is 17.0. The van der Waals surface area contributed by atoms with Gasteiger partial charge in [-0.25, -0.2) is 0 Å². The van der Waals surface area contributed by atoms with Crippen LogP contribution in [0, 0.1) is 12.3 Å². The van der Waals surface area contributed by atoms with Crippen molar-refractivity contribution in [3.8, 4) is 0 Å². The quantitative estimate of drug-likeness (QED) is 0.793. The number of hydrogen-bond acceptors (Lipinski definition) is 7. The molecule has 0 radical (unpaired) electrons. The zero-order valence-electron chi connectivity index (χ0n) is 17.0. The van der Waals surface area contributed by atoms with Crippen LogP contribution in [0.25, 0.3) is 0 Å². The van der Waals surface area contributed by atoms with E-state index in [1.807, 2.05) is 4.90 Å². The van der Waals surface area contributed by atoms with E-state index in [-0.39, 0.29) is 18.2 Å². The predicted molar refractivity (Wildman–Crippen MR) is 101 cm³/mol. The molecule has 2 fully saturated rings. The average molecular weight is 387 g/mol. The summed E-state index contributed by atoms with van der Waals surface area (Å²) in [7, 11) is 0. The number of likely N-dealkylation sites (tertiary alicyclic amines) is 1. The second kappa shape index (κ2) is 7.64. The summed E-state index contributed by atoms with van der Waals surface area (Å²) in [6.07, 6.45) is 6.53. The first-order chi connectivity index (χ1) is 13.4. The van der Waals surface area contributed by atoms with Crippen molar-refractivity contribution in [3.05, 3.63) is 23.4 Å². The molecule has 1 saturated carbocycles. The Bertz CT molecular complexity index is 809. The Morgan fingerprint density at radius 2 is 1.75 bits per heavy atom. The number of aromatic nitrogens is 4. The van der Waals surface area contributed by atoms with E-state index in [9.17, 15) is 4.79 Å². The van der Waals surface area contributed by atoms with Crippen molar-refractivity contribution in [1.82, 2.24) is 25.2 Å². The molecule has 2 aromatic rings. The molecule has 3 heterocycles. The number of nitrogens with zero attached hydrogens (tertiary/aromatic N) is 5. The Kier molecular flexibility index (Phi) is 5.21. The van der Waals surface area contributed by atoms with E-state index < -0.39 is 0 Å². The molecule has 0 unspecified atom stereocenters. The first-order valence-corrected chi connectivity index (χ1v) is 10.3. The predicted octanol–water partition coefficient (Wildman–Crippen LogP) is 3.39. The SMILES string of the molecule is Cc1noc(CC(=O)N2CCC(c3nc(C4CCC(C)(C)CC4)no3)CC2)n1. The molecule has 1 saturated heterocycles. The Labute approximate surface area is 165 Å². The minimum absolute atomic E-state index is 0.0261. The molecule has 0 atom stereocenters. The molecule has 152 valence electrons. The fourth-order valence-corrected chi connectivity index (χ4v) is 4.27. The number of piperidine rings is 1. The maximum Gasteiger partial charge on any atom is 0.236 e. The minimum atomic E-state index is 0.0261. The molecule has 2 aromatic heterocycles. The van der Waals surface area contributed by atoms with E-state index in [0.717, 1.165) is 37.4 Å². The van der Waals surface area contributed by atoms with Crippen molar-refractivity contribution in [2.24, 2.45) is 5.41 Å². The normalized spacial score (nSPS) is 21.2. The van der Waals surface area contributed by atoms with Gasteiger partial charge in [0.2, 0.25) is 17.7 Å². The summed E-state index contributed by atoms with van der Waals surface area (Å²) in [5.74, 6) is 3.21. The maximum absolute atomic E-state index is 12.4. The average Bonchev–Trinajstić information content (AvgIpc) is 3.31. The molecule has 8 nitrogen and oxygen atoms in total. The molecule has 0 N–H and O–H groups in total. The Hall–Kier alpha value is -2.25. The van der Waals surface area contributed by atoms with E-state index in [0.29, 0.717) is 36.1 Å². The molecule has 1 amide bonds. The number of aryl methyl sites for hydroxylation is 1. The molecule has 8 heteroatoms. The van der Waals surface area contributed by atoms with Gasteiger partial charge in [0.15, 0.2) is 11.6 Å². The maximum atomic E-state index is 12.4. The van der Waals surface area contributed by atoms with E-state index in [2.05, 4.69) is 29.1 Å². The van der Waals surface area contributed by atoms with Crippen LogP contribution in [0.15, 0.2) is 9.05 Å². The number of carbonyl (C=O) groups excluding carboxylic acids is 1. The van der Waals surface area contributed by atoms with Gasteiger partial charge in [0, 0.05) is 24.9 Å². The first kappa shape index (κ1) is 19.1. The highest BCUT2D eigenvalue weighted by atomic mass is 16.5. The third kappa shape index (κ3) is 4.25. The van der Waals surface area contributed by atoms with Crippen LogP contribution in [-0.2, 0) is 11.2 Å². The molecule has 1 aliphatic carbocycles. The second-order valence-corrected chi connectivity index (χ2v) is 9.00. The minimum Gasteiger partial charge on any atom is -0.342 e. The van der Waals surface area contributed by atoms with E-state index in [4.69, 9.17) is 14.0 Å². The number of amides is 1. The van der Waals surface area contributed by atoms with Crippen LogP contribution in [0.2, 0.25) is 0 Å². The van der Waals surface area contributed by atoms with Crippen molar-refractivity contribution < 1.29 is 13.8 Å². The molecule has 0 aromatic carbocycles. The lowest BCUT2D eigenvalue weighted by atomic mass is 9.73. The lowest BCUT2D eigenvalue weighted by Gasteiger charge is -2.32. The van der Waals surface area contributed by atoms with Crippen molar-refractivity contribution in [2.45, 2.75) is 77.6 Å².